The zero-order chi connectivity index (χ0) is 14.0. The Morgan fingerprint density at radius 2 is 1.89 bits per heavy atom. The van der Waals surface area contributed by atoms with Crippen LogP contribution in [-0.4, -0.2) is 23.7 Å². The van der Waals surface area contributed by atoms with E-state index in [2.05, 4.69) is 9.72 Å². The van der Waals surface area contributed by atoms with Gasteiger partial charge >= 0.3 is 12.1 Å². The van der Waals surface area contributed by atoms with Gasteiger partial charge in [-0.05, 0) is 13.0 Å². The van der Waals surface area contributed by atoms with Crippen molar-refractivity contribution in [2.75, 3.05) is 6.61 Å². The van der Waals surface area contributed by atoms with Gasteiger partial charge < -0.3 is 4.74 Å². The van der Waals surface area contributed by atoms with E-state index in [0.717, 1.165) is 0 Å². The highest BCUT2D eigenvalue weighted by atomic mass is 35.5. The molecule has 0 aromatic carbocycles. The number of hydrogen-bond acceptors (Lipinski definition) is 2. The van der Waals surface area contributed by atoms with Crippen LogP contribution >= 0.6 is 11.6 Å². The Kier molecular flexibility index (Phi) is 4.37. The highest BCUT2D eigenvalue weighted by Gasteiger charge is 2.58. The number of halogens is 6. The van der Waals surface area contributed by atoms with Gasteiger partial charge in [0.2, 0.25) is 0 Å². The van der Waals surface area contributed by atoms with Gasteiger partial charge in [0.1, 0.15) is 5.75 Å². The second-order valence-corrected chi connectivity index (χ2v) is 3.77. The topological polar surface area (TPSA) is 22.1 Å². The summed E-state index contributed by atoms with van der Waals surface area (Å²) in [5.74, 6) is -4.98. The van der Waals surface area contributed by atoms with Crippen LogP contribution < -0.4 is 4.74 Å². The van der Waals surface area contributed by atoms with Gasteiger partial charge in [-0.1, -0.05) is 0 Å². The SMILES string of the molecule is Cc1c(OCC(F)(F)C(F)(F)F)ccnc1CCl. The highest BCUT2D eigenvalue weighted by Crippen LogP contribution is 2.36. The average molecular weight is 290 g/mol. The molecule has 0 atom stereocenters. The van der Waals surface area contributed by atoms with Crippen LogP contribution in [0.1, 0.15) is 11.3 Å². The number of nitrogens with zero attached hydrogens (tertiary/aromatic N) is 1. The molecule has 8 heteroatoms. The maximum absolute atomic E-state index is 12.6. The standard InChI is InChI=1S/C10H9ClF5NO/c1-6-7(4-11)17-3-2-8(6)18-5-9(12,13)10(14,15)16/h2-3H,4-5H2,1H3. The van der Waals surface area contributed by atoms with Gasteiger partial charge in [0.15, 0.2) is 6.61 Å². The van der Waals surface area contributed by atoms with Crippen molar-refractivity contribution in [3.05, 3.63) is 23.5 Å². The van der Waals surface area contributed by atoms with Crippen LogP contribution in [0.2, 0.25) is 0 Å². The van der Waals surface area contributed by atoms with Crippen LogP contribution in [-0.2, 0) is 5.88 Å². The minimum absolute atomic E-state index is 0.0126. The molecule has 0 spiro atoms. The normalized spacial score (nSPS) is 12.6. The lowest BCUT2D eigenvalue weighted by molar-refractivity contribution is -0.290. The first-order valence-electron chi connectivity index (χ1n) is 4.77. The monoisotopic (exact) mass is 289 g/mol. The fraction of sp³-hybridized carbons (Fsp3) is 0.500. The molecule has 1 rings (SSSR count). The van der Waals surface area contributed by atoms with E-state index in [1.54, 1.807) is 0 Å². The first-order valence-corrected chi connectivity index (χ1v) is 5.30. The Morgan fingerprint density at radius 1 is 1.28 bits per heavy atom. The second kappa shape index (κ2) is 5.26. The summed E-state index contributed by atoms with van der Waals surface area (Å²) in [6.07, 6.45) is -4.41. The first kappa shape index (κ1) is 14.9. The van der Waals surface area contributed by atoms with Crippen molar-refractivity contribution in [1.82, 2.24) is 4.98 Å². The lowest BCUT2D eigenvalue weighted by Gasteiger charge is -2.20. The molecule has 0 bridgehead atoms. The molecule has 102 valence electrons. The molecule has 1 heterocycles. The van der Waals surface area contributed by atoms with Crippen LogP contribution in [0.4, 0.5) is 22.0 Å². The van der Waals surface area contributed by atoms with Crippen molar-refractivity contribution in [3.8, 4) is 5.75 Å². The van der Waals surface area contributed by atoms with Crippen molar-refractivity contribution >= 4 is 11.6 Å². The third-order valence-electron chi connectivity index (χ3n) is 2.21. The molecule has 2 nitrogen and oxygen atoms in total. The van der Waals surface area contributed by atoms with Crippen molar-refractivity contribution in [2.24, 2.45) is 0 Å². The van der Waals surface area contributed by atoms with Crippen molar-refractivity contribution in [1.29, 1.82) is 0 Å². The van der Waals surface area contributed by atoms with E-state index in [1.165, 1.54) is 19.2 Å². The first-order chi connectivity index (χ1) is 8.19. The van der Waals surface area contributed by atoms with E-state index in [-0.39, 0.29) is 11.6 Å². The summed E-state index contributed by atoms with van der Waals surface area (Å²) < 4.78 is 65.5. The zero-order valence-corrected chi connectivity index (χ0v) is 9.95. The van der Waals surface area contributed by atoms with Gasteiger partial charge in [-0.3, -0.25) is 4.98 Å². The van der Waals surface area contributed by atoms with Gasteiger partial charge in [-0.25, -0.2) is 0 Å². The molecule has 0 radical (unpaired) electrons. The quantitative estimate of drug-likeness (QED) is 0.623. The number of aromatic nitrogens is 1. The molecule has 0 unspecified atom stereocenters. The lowest BCUT2D eigenvalue weighted by atomic mass is 10.2. The van der Waals surface area contributed by atoms with Crippen molar-refractivity contribution in [3.63, 3.8) is 0 Å². The van der Waals surface area contributed by atoms with Crippen LogP contribution in [0.15, 0.2) is 12.3 Å². The van der Waals surface area contributed by atoms with Gasteiger partial charge in [0.05, 0.1) is 11.6 Å². The molecule has 1 aromatic rings. The summed E-state index contributed by atoms with van der Waals surface area (Å²) in [5.41, 5.74) is 0.704. The van der Waals surface area contributed by atoms with Crippen molar-refractivity contribution in [2.45, 2.75) is 24.9 Å². The minimum Gasteiger partial charge on any atom is -0.487 e. The fourth-order valence-electron chi connectivity index (χ4n) is 1.10. The molecule has 0 saturated carbocycles. The molecule has 1 aromatic heterocycles. The molecule has 0 N–H and O–H groups in total. The van der Waals surface area contributed by atoms with Crippen molar-refractivity contribution < 1.29 is 26.7 Å². The Balaban J connectivity index is 2.82. The summed E-state index contributed by atoms with van der Waals surface area (Å²) >= 11 is 5.52. The predicted octanol–water partition coefficient (Wildman–Crippen LogP) is 3.71. The Morgan fingerprint density at radius 3 is 2.39 bits per heavy atom. The fourth-order valence-corrected chi connectivity index (χ4v) is 1.37. The number of ether oxygens (including phenoxy) is 1. The maximum Gasteiger partial charge on any atom is 0.456 e. The molecule has 0 aliphatic rings. The summed E-state index contributed by atoms with van der Waals surface area (Å²) in [4.78, 5) is 3.83. The van der Waals surface area contributed by atoms with E-state index < -0.39 is 18.7 Å². The molecule has 0 aliphatic carbocycles. The molecule has 18 heavy (non-hydrogen) atoms. The average Bonchev–Trinajstić information content (AvgIpc) is 2.26. The predicted molar refractivity (Wildman–Crippen MR) is 55.0 cm³/mol. The molecule has 0 aliphatic heterocycles. The summed E-state index contributed by atoms with van der Waals surface area (Å²) in [6.45, 7) is -0.297. The number of hydrogen-bond donors (Lipinski definition) is 0. The number of pyridine rings is 1. The van der Waals surface area contributed by atoms with E-state index in [0.29, 0.717) is 11.3 Å². The third-order valence-corrected chi connectivity index (χ3v) is 2.46. The van der Waals surface area contributed by atoms with E-state index in [9.17, 15) is 22.0 Å². The molecular weight excluding hydrogens is 281 g/mol. The van der Waals surface area contributed by atoms with Crippen LogP contribution in [0.5, 0.6) is 5.75 Å². The van der Waals surface area contributed by atoms with Gasteiger partial charge in [-0.2, -0.15) is 22.0 Å². The molecular formula is C10H9ClF5NO. The molecule has 0 fully saturated rings. The van der Waals surface area contributed by atoms with Crippen LogP contribution in [0.3, 0.4) is 0 Å². The minimum atomic E-state index is -5.64. The summed E-state index contributed by atoms with van der Waals surface area (Å²) in [6, 6.07) is 1.21. The number of rotatable bonds is 4. The Bertz CT molecular complexity index is 421. The highest BCUT2D eigenvalue weighted by molar-refractivity contribution is 6.17. The molecule has 0 saturated heterocycles. The largest absolute Gasteiger partial charge is 0.487 e. The maximum atomic E-state index is 12.6. The number of alkyl halides is 6. The third kappa shape index (κ3) is 3.22. The summed E-state index contributed by atoms with van der Waals surface area (Å²) in [7, 11) is 0. The second-order valence-electron chi connectivity index (χ2n) is 3.51. The van der Waals surface area contributed by atoms with Gasteiger partial charge in [-0.15, -0.1) is 11.6 Å². The van der Waals surface area contributed by atoms with Gasteiger partial charge in [0, 0.05) is 11.8 Å². The lowest BCUT2D eigenvalue weighted by Crippen LogP contribution is -2.41. The van der Waals surface area contributed by atoms with E-state index in [1.807, 2.05) is 0 Å². The smallest absolute Gasteiger partial charge is 0.456 e. The van der Waals surface area contributed by atoms with E-state index >= 15 is 0 Å². The van der Waals surface area contributed by atoms with Crippen LogP contribution in [0.25, 0.3) is 0 Å². The zero-order valence-electron chi connectivity index (χ0n) is 9.19. The summed E-state index contributed by atoms with van der Waals surface area (Å²) in [5, 5.41) is 0. The van der Waals surface area contributed by atoms with Crippen LogP contribution in [0, 0.1) is 6.92 Å². The van der Waals surface area contributed by atoms with E-state index in [4.69, 9.17) is 11.6 Å². The van der Waals surface area contributed by atoms with Gasteiger partial charge in [0.25, 0.3) is 0 Å². The Labute approximate surface area is 105 Å². The Hall–Kier alpha value is -1.11. The molecule has 0 amide bonds.